The number of benzene rings is 1. The fourth-order valence-electron chi connectivity index (χ4n) is 2.03. The van der Waals surface area contributed by atoms with Gasteiger partial charge in [0.2, 0.25) is 0 Å². The number of para-hydroxylation sites is 1. The van der Waals surface area contributed by atoms with Crippen molar-refractivity contribution in [2.24, 2.45) is 11.7 Å². The number of methoxy groups -OCH3 is 1. The SMILES string of the molecule is COc1cccc([C@H](N)C2CCC2)c1O.Cl. The van der Waals surface area contributed by atoms with E-state index in [0.717, 1.165) is 18.4 Å². The normalized spacial score (nSPS) is 17.1. The zero-order valence-corrected chi connectivity index (χ0v) is 10.2. The predicted octanol–water partition coefficient (Wildman–Crippen LogP) is 2.62. The van der Waals surface area contributed by atoms with Crippen molar-refractivity contribution < 1.29 is 9.84 Å². The molecule has 90 valence electrons. The summed E-state index contributed by atoms with van der Waals surface area (Å²) >= 11 is 0. The fourth-order valence-corrected chi connectivity index (χ4v) is 2.03. The van der Waals surface area contributed by atoms with E-state index in [1.807, 2.05) is 12.1 Å². The first-order valence-corrected chi connectivity index (χ1v) is 5.35. The molecule has 1 atom stereocenters. The minimum atomic E-state index is -0.0613. The van der Waals surface area contributed by atoms with Crippen molar-refractivity contribution in [1.29, 1.82) is 0 Å². The van der Waals surface area contributed by atoms with Crippen LogP contribution in [0.5, 0.6) is 11.5 Å². The molecular formula is C12H18ClNO2. The van der Waals surface area contributed by atoms with Gasteiger partial charge in [-0.2, -0.15) is 0 Å². The first-order valence-electron chi connectivity index (χ1n) is 5.35. The highest BCUT2D eigenvalue weighted by molar-refractivity contribution is 5.85. The van der Waals surface area contributed by atoms with E-state index in [9.17, 15) is 5.11 Å². The van der Waals surface area contributed by atoms with E-state index < -0.39 is 0 Å². The third-order valence-corrected chi connectivity index (χ3v) is 3.27. The molecule has 1 saturated carbocycles. The molecule has 3 N–H and O–H groups in total. The van der Waals surface area contributed by atoms with Gasteiger partial charge in [-0.1, -0.05) is 18.6 Å². The number of hydrogen-bond donors (Lipinski definition) is 2. The highest BCUT2D eigenvalue weighted by Gasteiger charge is 2.27. The largest absolute Gasteiger partial charge is 0.504 e. The van der Waals surface area contributed by atoms with Crippen LogP contribution in [0.1, 0.15) is 30.9 Å². The molecule has 0 amide bonds. The predicted molar refractivity (Wildman–Crippen MR) is 66.2 cm³/mol. The molecule has 2 rings (SSSR count). The van der Waals surface area contributed by atoms with Crippen LogP contribution in [0, 0.1) is 5.92 Å². The Bertz CT molecular complexity index is 353. The molecule has 4 heteroatoms. The van der Waals surface area contributed by atoms with E-state index in [1.54, 1.807) is 13.2 Å². The fraction of sp³-hybridized carbons (Fsp3) is 0.500. The number of nitrogens with two attached hydrogens (primary N) is 1. The summed E-state index contributed by atoms with van der Waals surface area (Å²) in [4.78, 5) is 0. The Morgan fingerprint density at radius 3 is 2.62 bits per heavy atom. The van der Waals surface area contributed by atoms with Gasteiger partial charge in [-0.3, -0.25) is 0 Å². The molecule has 0 radical (unpaired) electrons. The lowest BCUT2D eigenvalue weighted by atomic mass is 9.77. The molecule has 1 aliphatic rings. The van der Waals surface area contributed by atoms with Crippen molar-refractivity contribution in [2.75, 3.05) is 7.11 Å². The van der Waals surface area contributed by atoms with Crippen LogP contribution < -0.4 is 10.5 Å². The van der Waals surface area contributed by atoms with Gasteiger partial charge < -0.3 is 15.6 Å². The molecule has 0 aliphatic heterocycles. The van der Waals surface area contributed by atoms with Crippen LogP contribution in [0.4, 0.5) is 0 Å². The first kappa shape index (κ1) is 13.1. The topological polar surface area (TPSA) is 55.5 Å². The lowest BCUT2D eigenvalue weighted by Gasteiger charge is -2.31. The van der Waals surface area contributed by atoms with Crippen molar-refractivity contribution in [3.63, 3.8) is 0 Å². The average Bonchev–Trinajstić information content (AvgIpc) is 2.15. The number of aromatic hydroxyl groups is 1. The lowest BCUT2D eigenvalue weighted by Crippen LogP contribution is -2.26. The van der Waals surface area contributed by atoms with Crippen LogP contribution in [0.25, 0.3) is 0 Å². The number of ether oxygens (including phenoxy) is 1. The average molecular weight is 244 g/mol. The van der Waals surface area contributed by atoms with Crippen LogP contribution in [0.2, 0.25) is 0 Å². The van der Waals surface area contributed by atoms with E-state index in [2.05, 4.69) is 0 Å². The minimum absolute atomic E-state index is 0. The highest BCUT2D eigenvalue weighted by atomic mass is 35.5. The van der Waals surface area contributed by atoms with Gasteiger partial charge in [-0.15, -0.1) is 12.4 Å². The molecule has 1 fully saturated rings. The Balaban J connectivity index is 0.00000128. The Hall–Kier alpha value is -0.930. The maximum absolute atomic E-state index is 9.92. The van der Waals surface area contributed by atoms with E-state index >= 15 is 0 Å². The molecule has 3 nitrogen and oxygen atoms in total. The summed E-state index contributed by atoms with van der Waals surface area (Å²) in [7, 11) is 1.55. The highest BCUT2D eigenvalue weighted by Crippen LogP contribution is 2.41. The van der Waals surface area contributed by atoms with E-state index in [-0.39, 0.29) is 24.2 Å². The van der Waals surface area contributed by atoms with Crippen LogP contribution in [0.15, 0.2) is 18.2 Å². The zero-order valence-electron chi connectivity index (χ0n) is 9.35. The first-order chi connectivity index (χ1) is 7.24. The second-order valence-corrected chi connectivity index (χ2v) is 4.11. The van der Waals surface area contributed by atoms with Gasteiger partial charge in [-0.05, 0) is 24.8 Å². The lowest BCUT2D eigenvalue weighted by molar-refractivity contribution is 0.259. The second-order valence-electron chi connectivity index (χ2n) is 4.11. The van der Waals surface area contributed by atoms with Gasteiger partial charge in [0.05, 0.1) is 7.11 Å². The maximum Gasteiger partial charge on any atom is 0.162 e. The van der Waals surface area contributed by atoms with Gasteiger partial charge >= 0.3 is 0 Å². The smallest absolute Gasteiger partial charge is 0.162 e. The van der Waals surface area contributed by atoms with Gasteiger partial charge in [-0.25, -0.2) is 0 Å². The summed E-state index contributed by atoms with van der Waals surface area (Å²) < 4.78 is 5.06. The number of phenols is 1. The van der Waals surface area contributed by atoms with Crippen LogP contribution >= 0.6 is 12.4 Å². The molecule has 16 heavy (non-hydrogen) atoms. The quantitative estimate of drug-likeness (QED) is 0.858. The summed E-state index contributed by atoms with van der Waals surface area (Å²) in [6.45, 7) is 0. The van der Waals surface area contributed by atoms with Crippen molar-refractivity contribution in [3.8, 4) is 11.5 Å². The summed E-state index contributed by atoms with van der Waals surface area (Å²) in [6, 6.07) is 5.42. The van der Waals surface area contributed by atoms with Crippen molar-refractivity contribution in [2.45, 2.75) is 25.3 Å². The van der Waals surface area contributed by atoms with E-state index in [0.29, 0.717) is 11.7 Å². The van der Waals surface area contributed by atoms with Gasteiger partial charge in [0.25, 0.3) is 0 Å². The maximum atomic E-state index is 9.92. The number of rotatable bonds is 3. The Morgan fingerprint density at radius 1 is 1.44 bits per heavy atom. The molecule has 0 unspecified atom stereocenters. The van der Waals surface area contributed by atoms with Gasteiger partial charge in [0.1, 0.15) is 0 Å². The standard InChI is InChI=1S/C12H17NO2.ClH/c1-15-10-7-3-6-9(12(10)14)11(13)8-4-2-5-8;/h3,6-8,11,14H,2,4-5,13H2,1H3;1H/t11-;/m1./s1. The van der Waals surface area contributed by atoms with Crippen LogP contribution in [-0.4, -0.2) is 12.2 Å². The Morgan fingerprint density at radius 2 is 2.12 bits per heavy atom. The van der Waals surface area contributed by atoms with Gasteiger partial charge in [0.15, 0.2) is 11.5 Å². The second kappa shape index (κ2) is 5.41. The van der Waals surface area contributed by atoms with Crippen molar-refractivity contribution >= 4 is 12.4 Å². The Kier molecular flexibility index (Phi) is 4.44. The molecule has 0 saturated heterocycles. The molecule has 0 spiro atoms. The third-order valence-electron chi connectivity index (χ3n) is 3.27. The molecule has 0 aromatic heterocycles. The molecule has 1 aromatic rings. The summed E-state index contributed by atoms with van der Waals surface area (Å²) in [5, 5.41) is 9.92. The molecule has 1 aliphatic carbocycles. The summed E-state index contributed by atoms with van der Waals surface area (Å²) in [5.74, 6) is 1.21. The molecular weight excluding hydrogens is 226 g/mol. The van der Waals surface area contributed by atoms with E-state index in [1.165, 1.54) is 6.42 Å². The number of halogens is 1. The number of phenolic OH excluding ortho intramolecular Hbond substituents is 1. The monoisotopic (exact) mass is 243 g/mol. The van der Waals surface area contributed by atoms with Gasteiger partial charge in [0, 0.05) is 11.6 Å². The number of hydrogen-bond acceptors (Lipinski definition) is 3. The minimum Gasteiger partial charge on any atom is -0.504 e. The third kappa shape index (κ3) is 2.25. The Labute approximate surface area is 102 Å². The van der Waals surface area contributed by atoms with Crippen molar-refractivity contribution in [3.05, 3.63) is 23.8 Å². The molecule has 1 aromatic carbocycles. The zero-order chi connectivity index (χ0) is 10.8. The summed E-state index contributed by atoms with van der Waals surface area (Å²) in [6.07, 6.45) is 3.58. The van der Waals surface area contributed by atoms with Crippen LogP contribution in [0.3, 0.4) is 0 Å². The summed E-state index contributed by atoms with van der Waals surface area (Å²) in [5.41, 5.74) is 6.91. The van der Waals surface area contributed by atoms with Crippen LogP contribution in [-0.2, 0) is 0 Å². The van der Waals surface area contributed by atoms with Crippen molar-refractivity contribution in [1.82, 2.24) is 0 Å². The molecule has 0 heterocycles. The molecule has 0 bridgehead atoms. The van der Waals surface area contributed by atoms with E-state index in [4.69, 9.17) is 10.5 Å².